The van der Waals surface area contributed by atoms with Crippen molar-refractivity contribution in [2.75, 3.05) is 33.2 Å². The molecule has 0 spiro atoms. The van der Waals surface area contributed by atoms with Gasteiger partial charge in [0.05, 0.1) is 19.6 Å². The SMILES string of the molecule is COc1cc(OC)c2nc(Cl)nc(N(C)C)c2c1. The molecule has 1 aromatic heterocycles. The van der Waals surface area contributed by atoms with Crippen LogP contribution < -0.4 is 14.4 Å². The molecule has 0 atom stereocenters. The molecule has 0 aliphatic heterocycles. The predicted octanol–water partition coefficient (Wildman–Crippen LogP) is 2.37. The van der Waals surface area contributed by atoms with E-state index in [2.05, 4.69) is 9.97 Å². The van der Waals surface area contributed by atoms with Crippen molar-refractivity contribution in [1.29, 1.82) is 0 Å². The van der Waals surface area contributed by atoms with Gasteiger partial charge in [0.1, 0.15) is 22.8 Å². The molecule has 0 N–H and O–H groups in total. The third-order valence-electron chi connectivity index (χ3n) is 2.57. The monoisotopic (exact) mass is 267 g/mol. The predicted molar refractivity (Wildman–Crippen MR) is 72.0 cm³/mol. The first kappa shape index (κ1) is 12.7. The molecule has 0 amide bonds. The number of nitrogens with zero attached hydrogens (tertiary/aromatic N) is 3. The first-order chi connectivity index (χ1) is 8.56. The van der Waals surface area contributed by atoms with Crippen molar-refractivity contribution < 1.29 is 9.47 Å². The van der Waals surface area contributed by atoms with Crippen molar-refractivity contribution >= 4 is 28.3 Å². The second kappa shape index (κ2) is 4.86. The first-order valence-electron chi connectivity index (χ1n) is 5.33. The summed E-state index contributed by atoms with van der Waals surface area (Å²) < 4.78 is 10.6. The molecule has 18 heavy (non-hydrogen) atoms. The highest BCUT2D eigenvalue weighted by molar-refractivity contribution is 6.29. The van der Waals surface area contributed by atoms with E-state index in [-0.39, 0.29) is 5.28 Å². The van der Waals surface area contributed by atoms with E-state index in [4.69, 9.17) is 21.1 Å². The van der Waals surface area contributed by atoms with Crippen LogP contribution in [0.5, 0.6) is 11.5 Å². The fourth-order valence-corrected chi connectivity index (χ4v) is 1.91. The van der Waals surface area contributed by atoms with Crippen LogP contribution in [0.3, 0.4) is 0 Å². The minimum absolute atomic E-state index is 0.190. The summed E-state index contributed by atoms with van der Waals surface area (Å²) in [6, 6.07) is 3.63. The van der Waals surface area contributed by atoms with Gasteiger partial charge in [0, 0.05) is 20.2 Å². The van der Waals surface area contributed by atoms with Gasteiger partial charge < -0.3 is 14.4 Å². The van der Waals surface area contributed by atoms with Crippen molar-refractivity contribution in [2.45, 2.75) is 0 Å². The normalized spacial score (nSPS) is 10.5. The zero-order valence-electron chi connectivity index (χ0n) is 10.7. The standard InChI is InChI=1S/C12H14ClN3O2/c1-16(2)11-8-5-7(17-3)6-9(18-4)10(8)14-12(13)15-11/h5-6H,1-4H3. The third-order valence-corrected chi connectivity index (χ3v) is 2.74. The number of anilines is 1. The average molecular weight is 268 g/mol. The summed E-state index contributed by atoms with van der Waals surface area (Å²) >= 11 is 5.93. The van der Waals surface area contributed by atoms with Gasteiger partial charge in [0.25, 0.3) is 0 Å². The number of hydrogen-bond donors (Lipinski definition) is 0. The summed E-state index contributed by atoms with van der Waals surface area (Å²) in [6.07, 6.45) is 0. The van der Waals surface area contributed by atoms with E-state index in [0.29, 0.717) is 17.0 Å². The summed E-state index contributed by atoms with van der Waals surface area (Å²) in [4.78, 5) is 10.3. The van der Waals surface area contributed by atoms with Gasteiger partial charge in [0.15, 0.2) is 0 Å². The van der Waals surface area contributed by atoms with Crippen LogP contribution in [0.25, 0.3) is 10.9 Å². The number of methoxy groups -OCH3 is 2. The number of rotatable bonds is 3. The lowest BCUT2D eigenvalue weighted by molar-refractivity contribution is 0.397. The zero-order valence-corrected chi connectivity index (χ0v) is 11.4. The third kappa shape index (κ3) is 2.13. The number of benzene rings is 1. The Morgan fingerprint density at radius 3 is 2.39 bits per heavy atom. The highest BCUT2D eigenvalue weighted by Gasteiger charge is 2.14. The lowest BCUT2D eigenvalue weighted by Gasteiger charge is -2.16. The van der Waals surface area contributed by atoms with Crippen molar-refractivity contribution in [3.05, 3.63) is 17.4 Å². The van der Waals surface area contributed by atoms with Gasteiger partial charge in [-0.15, -0.1) is 0 Å². The Morgan fingerprint density at radius 1 is 1.11 bits per heavy atom. The Bertz CT molecular complexity index is 587. The summed E-state index contributed by atoms with van der Waals surface area (Å²) in [7, 11) is 6.97. The van der Waals surface area contributed by atoms with Crippen LogP contribution in [0.2, 0.25) is 5.28 Å². The minimum Gasteiger partial charge on any atom is -0.497 e. The van der Waals surface area contributed by atoms with E-state index in [1.165, 1.54) is 0 Å². The van der Waals surface area contributed by atoms with Crippen LogP contribution in [-0.2, 0) is 0 Å². The van der Waals surface area contributed by atoms with Crippen molar-refractivity contribution in [3.63, 3.8) is 0 Å². The second-order valence-electron chi connectivity index (χ2n) is 3.94. The zero-order chi connectivity index (χ0) is 13.3. The fraction of sp³-hybridized carbons (Fsp3) is 0.333. The Balaban J connectivity index is 2.85. The van der Waals surface area contributed by atoms with Crippen LogP contribution in [0, 0.1) is 0 Å². The molecule has 0 aliphatic carbocycles. The van der Waals surface area contributed by atoms with Gasteiger partial charge in [-0.25, -0.2) is 4.98 Å². The molecule has 5 nitrogen and oxygen atoms in total. The number of fused-ring (bicyclic) bond motifs is 1. The van der Waals surface area contributed by atoms with Crippen LogP contribution >= 0.6 is 11.6 Å². The maximum Gasteiger partial charge on any atom is 0.225 e. The number of ether oxygens (including phenoxy) is 2. The van der Waals surface area contributed by atoms with Crippen molar-refractivity contribution in [1.82, 2.24) is 9.97 Å². The minimum atomic E-state index is 0.190. The van der Waals surface area contributed by atoms with Gasteiger partial charge in [0.2, 0.25) is 5.28 Å². The summed E-state index contributed by atoms with van der Waals surface area (Å²) in [5.41, 5.74) is 0.669. The molecule has 0 unspecified atom stereocenters. The molecule has 0 radical (unpaired) electrons. The van der Waals surface area contributed by atoms with E-state index in [1.54, 1.807) is 20.3 Å². The first-order valence-corrected chi connectivity index (χ1v) is 5.71. The van der Waals surface area contributed by atoms with Gasteiger partial charge >= 0.3 is 0 Å². The molecule has 0 saturated heterocycles. The molecule has 1 heterocycles. The highest BCUT2D eigenvalue weighted by atomic mass is 35.5. The highest BCUT2D eigenvalue weighted by Crippen LogP contribution is 2.34. The van der Waals surface area contributed by atoms with Crippen molar-refractivity contribution in [3.8, 4) is 11.5 Å². The lowest BCUT2D eigenvalue weighted by Crippen LogP contribution is -2.12. The second-order valence-corrected chi connectivity index (χ2v) is 4.27. The van der Waals surface area contributed by atoms with Crippen LogP contribution in [0.1, 0.15) is 0 Å². The maximum absolute atomic E-state index is 5.93. The van der Waals surface area contributed by atoms with Crippen LogP contribution in [0.15, 0.2) is 12.1 Å². The molecule has 0 aliphatic rings. The smallest absolute Gasteiger partial charge is 0.225 e. The molecule has 0 bridgehead atoms. The molecule has 96 valence electrons. The van der Waals surface area contributed by atoms with Gasteiger partial charge in [-0.05, 0) is 17.7 Å². The Hall–Kier alpha value is -1.75. The Morgan fingerprint density at radius 2 is 1.83 bits per heavy atom. The van der Waals surface area contributed by atoms with E-state index >= 15 is 0 Å². The van der Waals surface area contributed by atoms with Gasteiger partial charge in [-0.1, -0.05) is 0 Å². The Labute approximate surface area is 110 Å². The van der Waals surface area contributed by atoms with E-state index < -0.39 is 0 Å². The van der Waals surface area contributed by atoms with Crippen LogP contribution in [-0.4, -0.2) is 38.3 Å². The quantitative estimate of drug-likeness (QED) is 0.799. The Kier molecular flexibility index (Phi) is 3.43. The topological polar surface area (TPSA) is 47.5 Å². The molecular weight excluding hydrogens is 254 g/mol. The molecule has 6 heteroatoms. The average Bonchev–Trinajstić information content (AvgIpc) is 2.36. The molecule has 0 fully saturated rings. The van der Waals surface area contributed by atoms with Crippen LogP contribution in [0.4, 0.5) is 5.82 Å². The maximum atomic E-state index is 5.93. The van der Waals surface area contributed by atoms with E-state index in [1.807, 2.05) is 25.1 Å². The number of halogens is 1. The summed E-state index contributed by atoms with van der Waals surface area (Å²) in [5.74, 6) is 2.02. The summed E-state index contributed by atoms with van der Waals surface area (Å²) in [6.45, 7) is 0. The number of hydrogen-bond acceptors (Lipinski definition) is 5. The molecule has 0 saturated carbocycles. The molecule has 2 rings (SSSR count). The molecule has 2 aromatic rings. The van der Waals surface area contributed by atoms with E-state index in [9.17, 15) is 0 Å². The lowest BCUT2D eigenvalue weighted by atomic mass is 10.2. The van der Waals surface area contributed by atoms with Gasteiger partial charge in [-0.3, -0.25) is 0 Å². The largest absolute Gasteiger partial charge is 0.497 e. The van der Waals surface area contributed by atoms with Gasteiger partial charge in [-0.2, -0.15) is 4.98 Å². The summed E-state index contributed by atoms with van der Waals surface area (Å²) in [5, 5.41) is 1.02. The van der Waals surface area contributed by atoms with E-state index in [0.717, 1.165) is 11.2 Å². The fourth-order valence-electron chi connectivity index (χ4n) is 1.75. The molecule has 1 aromatic carbocycles. The van der Waals surface area contributed by atoms with Crippen molar-refractivity contribution in [2.24, 2.45) is 0 Å². The molecular formula is C12H14ClN3O2. The number of aromatic nitrogens is 2.